The van der Waals surface area contributed by atoms with Crippen LogP contribution in [0.1, 0.15) is 10.7 Å². The van der Waals surface area contributed by atoms with Gasteiger partial charge in [-0.1, -0.05) is 19.6 Å². The molecule has 0 radical (unpaired) electrons. The van der Waals surface area contributed by atoms with Crippen LogP contribution < -0.4 is 0 Å². The van der Waals surface area contributed by atoms with Crippen molar-refractivity contribution in [1.29, 1.82) is 0 Å². The van der Waals surface area contributed by atoms with E-state index in [0.29, 0.717) is 13.4 Å². The molecule has 0 amide bonds. The Labute approximate surface area is 108 Å². The molecule has 1 aromatic rings. The molecule has 1 rings (SSSR count). The van der Waals surface area contributed by atoms with Gasteiger partial charge in [-0.2, -0.15) is 0 Å². The summed E-state index contributed by atoms with van der Waals surface area (Å²) < 4.78 is 10.8. The molecule has 1 heterocycles. The summed E-state index contributed by atoms with van der Waals surface area (Å²) in [6.45, 7) is 8.50. The minimum atomic E-state index is -1.00. The van der Waals surface area contributed by atoms with E-state index in [-0.39, 0.29) is 6.61 Å². The second-order valence-electron chi connectivity index (χ2n) is 5.08. The van der Waals surface area contributed by atoms with E-state index in [9.17, 15) is 0 Å². The highest BCUT2D eigenvalue weighted by Crippen LogP contribution is 2.10. The number of hydrogen-bond acceptors (Lipinski definition) is 5. The maximum Gasteiger partial charge on any atom is 0.147 e. The maximum atomic E-state index is 8.85. The molecule has 0 spiro atoms. The Kier molecular flexibility index (Phi) is 6.28. The van der Waals surface area contributed by atoms with E-state index in [4.69, 9.17) is 14.6 Å². The smallest absolute Gasteiger partial charge is 0.147 e. The molecule has 0 aliphatic rings. The van der Waals surface area contributed by atoms with Gasteiger partial charge in [0.15, 0.2) is 0 Å². The Balaban J connectivity index is 2.04. The molecule has 0 aliphatic heterocycles. The van der Waals surface area contributed by atoms with Crippen LogP contribution in [0.4, 0.5) is 0 Å². The fourth-order valence-electron chi connectivity index (χ4n) is 1.13. The fourth-order valence-corrected chi connectivity index (χ4v) is 2.52. The quantitative estimate of drug-likeness (QED) is 0.450. The molecule has 1 N–H and O–H groups in total. The first-order valence-electron chi connectivity index (χ1n) is 5.71. The van der Waals surface area contributed by atoms with Crippen molar-refractivity contribution in [3.63, 3.8) is 0 Å². The van der Waals surface area contributed by atoms with E-state index >= 15 is 0 Å². The van der Waals surface area contributed by atoms with Crippen LogP contribution in [0.15, 0.2) is 5.38 Å². The molecule has 98 valence electrons. The Bertz CT molecular complexity index is 325. The van der Waals surface area contributed by atoms with Gasteiger partial charge < -0.3 is 14.6 Å². The number of rotatable bonds is 8. The zero-order chi connectivity index (χ0) is 12.7. The van der Waals surface area contributed by atoms with Crippen LogP contribution >= 0.6 is 11.3 Å². The van der Waals surface area contributed by atoms with Gasteiger partial charge in [0.1, 0.15) is 11.8 Å². The topological polar surface area (TPSA) is 51.6 Å². The second-order valence-corrected chi connectivity index (χ2v) is 11.6. The molecule has 0 unspecified atom stereocenters. The van der Waals surface area contributed by atoms with Crippen LogP contribution in [0.5, 0.6) is 0 Å². The van der Waals surface area contributed by atoms with E-state index in [1.165, 1.54) is 11.3 Å². The van der Waals surface area contributed by atoms with Crippen LogP contribution in [-0.2, 0) is 22.7 Å². The molecule has 0 bridgehead atoms. The molecule has 0 aromatic carbocycles. The number of hydrogen-bond donors (Lipinski definition) is 1. The molecule has 1 aromatic heterocycles. The zero-order valence-electron chi connectivity index (χ0n) is 10.7. The van der Waals surface area contributed by atoms with Crippen LogP contribution in [0.3, 0.4) is 0 Å². The Hall–Kier alpha value is -0.273. The van der Waals surface area contributed by atoms with E-state index < -0.39 is 8.07 Å². The summed E-state index contributed by atoms with van der Waals surface area (Å²) >= 11 is 1.44. The average molecular weight is 275 g/mol. The van der Waals surface area contributed by atoms with Crippen molar-refractivity contribution < 1.29 is 14.6 Å². The predicted octanol–water partition coefficient (Wildman–Crippen LogP) is 2.46. The van der Waals surface area contributed by atoms with Gasteiger partial charge in [-0.25, -0.2) is 4.98 Å². The summed E-state index contributed by atoms with van der Waals surface area (Å²) in [6, 6.07) is 1.15. The lowest BCUT2D eigenvalue weighted by Crippen LogP contribution is -2.22. The third-order valence-electron chi connectivity index (χ3n) is 2.15. The minimum Gasteiger partial charge on any atom is -0.389 e. The Morgan fingerprint density at radius 1 is 1.35 bits per heavy atom. The fraction of sp³-hybridized carbons (Fsp3) is 0.727. The van der Waals surface area contributed by atoms with E-state index in [0.717, 1.165) is 23.4 Å². The van der Waals surface area contributed by atoms with Crippen LogP contribution in [0.25, 0.3) is 0 Å². The molecule has 0 saturated carbocycles. The Morgan fingerprint density at radius 3 is 2.71 bits per heavy atom. The van der Waals surface area contributed by atoms with Gasteiger partial charge in [-0.05, 0) is 6.04 Å². The van der Waals surface area contributed by atoms with Gasteiger partial charge in [-0.15, -0.1) is 11.3 Å². The van der Waals surface area contributed by atoms with Crippen molar-refractivity contribution in [2.24, 2.45) is 0 Å². The Morgan fingerprint density at radius 2 is 2.12 bits per heavy atom. The molecule has 0 aliphatic carbocycles. The molecule has 0 saturated heterocycles. The summed E-state index contributed by atoms with van der Waals surface area (Å²) in [5.41, 5.74) is 0.854. The minimum absolute atomic E-state index is 0.00260. The van der Waals surface area contributed by atoms with Gasteiger partial charge in [0.05, 0.1) is 18.9 Å². The highest BCUT2D eigenvalue weighted by Gasteiger charge is 2.11. The first kappa shape index (κ1) is 14.8. The number of ether oxygens (including phenoxy) is 2. The largest absolute Gasteiger partial charge is 0.389 e. The molecular formula is C11H21NO3SSi. The van der Waals surface area contributed by atoms with E-state index in [2.05, 4.69) is 24.6 Å². The number of aliphatic hydroxyl groups excluding tert-OH is 1. The number of nitrogens with zero attached hydrogens (tertiary/aromatic N) is 1. The molecule has 0 fully saturated rings. The SMILES string of the molecule is C[Si](C)(C)CCOCOCc1csc(CO)n1. The van der Waals surface area contributed by atoms with Crippen molar-refractivity contribution in [1.82, 2.24) is 4.98 Å². The summed E-state index contributed by atoms with van der Waals surface area (Å²) in [4.78, 5) is 4.18. The van der Waals surface area contributed by atoms with Crippen LogP contribution in [-0.4, -0.2) is 31.6 Å². The van der Waals surface area contributed by atoms with Gasteiger partial charge >= 0.3 is 0 Å². The summed E-state index contributed by atoms with van der Waals surface area (Å²) in [6.07, 6.45) is 0. The predicted molar refractivity (Wildman–Crippen MR) is 71.8 cm³/mol. The zero-order valence-corrected chi connectivity index (χ0v) is 12.5. The first-order valence-corrected chi connectivity index (χ1v) is 10.3. The summed E-state index contributed by atoms with van der Waals surface area (Å²) in [5, 5.41) is 11.5. The third-order valence-corrected chi connectivity index (χ3v) is 4.73. The van der Waals surface area contributed by atoms with Crippen LogP contribution in [0.2, 0.25) is 25.7 Å². The standard InChI is InChI=1S/C11H21NO3SSi/c1-17(2,3)5-4-14-9-15-7-10-8-16-11(6-13)12-10/h8,13H,4-7,9H2,1-3H3. The molecule has 4 nitrogen and oxygen atoms in total. The number of thiazole rings is 1. The lowest BCUT2D eigenvalue weighted by atomic mass is 10.5. The van der Waals surface area contributed by atoms with Gasteiger partial charge in [-0.3, -0.25) is 0 Å². The second kappa shape index (κ2) is 7.23. The van der Waals surface area contributed by atoms with Crippen LogP contribution in [0, 0.1) is 0 Å². The number of aromatic nitrogens is 1. The lowest BCUT2D eigenvalue weighted by Gasteiger charge is -2.15. The molecule has 6 heteroatoms. The normalized spacial score (nSPS) is 12.0. The number of aliphatic hydroxyl groups is 1. The lowest BCUT2D eigenvalue weighted by molar-refractivity contribution is -0.0581. The monoisotopic (exact) mass is 275 g/mol. The van der Waals surface area contributed by atoms with Crippen molar-refractivity contribution in [3.8, 4) is 0 Å². The van der Waals surface area contributed by atoms with Crippen molar-refractivity contribution in [3.05, 3.63) is 16.1 Å². The van der Waals surface area contributed by atoms with E-state index in [1.54, 1.807) is 0 Å². The highest BCUT2D eigenvalue weighted by molar-refractivity contribution is 7.09. The van der Waals surface area contributed by atoms with Crippen molar-refractivity contribution >= 4 is 19.4 Å². The molecular weight excluding hydrogens is 254 g/mol. The van der Waals surface area contributed by atoms with Gasteiger partial charge in [0, 0.05) is 20.1 Å². The maximum absolute atomic E-state index is 8.85. The average Bonchev–Trinajstić information content (AvgIpc) is 2.69. The van der Waals surface area contributed by atoms with Crippen molar-refractivity contribution in [2.75, 3.05) is 13.4 Å². The van der Waals surface area contributed by atoms with E-state index in [1.807, 2.05) is 5.38 Å². The van der Waals surface area contributed by atoms with Gasteiger partial charge in [0.25, 0.3) is 0 Å². The first-order chi connectivity index (χ1) is 8.01. The third kappa shape index (κ3) is 6.90. The molecule has 0 atom stereocenters. The van der Waals surface area contributed by atoms with Crippen molar-refractivity contribution in [2.45, 2.75) is 38.9 Å². The molecule has 17 heavy (non-hydrogen) atoms. The summed E-state index contributed by atoms with van der Waals surface area (Å²) in [5.74, 6) is 0. The highest BCUT2D eigenvalue weighted by atomic mass is 32.1. The van der Waals surface area contributed by atoms with Gasteiger partial charge in [0.2, 0.25) is 0 Å². The summed E-state index contributed by atoms with van der Waals surface area (Å²) in [7, 11) is -1.00.